The van der Waals surface area contributed by atoms with Crippen LogP contribution in [0.15, 0.2) is 12.1 Å². The Kier molecular flexibility index (Phi) is 3.33. The molecule has 0 radical (unpaired) electrons. The van der Waals surface area contributed by atoms with E-state index in [2.05, 4.69) is 5.32 Å². The molecule has 1 aromatic carbocycles. The second kappa shape index (κ2) is 4.75. The lowest BCUT2D eigenvalue weighted by Crippen LogP contribution is -2.28. The first-order valence-electron chi connectivity index (χ1n) is 5.90. The number of nitrogens with one attached hydrogen (secondary N) is 1. The maximum atomic E-state index is 11.2. The largest absolute Gasteiger partial charge is 0.507 e. The molecule has 0 aliphatic carbocycles. The van der Waals surface area contributed by atoms with Crippen LogP contribution in [0.1, 0.15) is 46.8 Å². The van der Waals surface area contributed by atoms with Crippen molar-refractivity contribution in [3.8, 4) is 5.75 Å². The van der Waals surface area contributed by atoms with E-state index in [0.29, 0.717) is 5.56 Å². The van der Waals surface area contributed by atoms with E-state index in [9.17, 15) is 15.0 Å². The average molecular weight is 235 g/mol. The minimum atomic E-state index is -0.984. The number of phenols is 1. The Morgan fingerprint density at radius 3 is 2.76 bits per heavy atom. The number of rotatable bonds is 2. The van der Waals surface area contributed by atoms with Crippen LogP contribution in [0.4, 0.5) is 0 Å². The van der Waals surface area contributed by atoms with E-state index in [4.69, 9.17) is 0 Å². The first-order valence-corrected chi connectivity index (χ1v) is 5.90. The van der Waals surface area contributed by atoms with Gasteiger partial charge in [0, 0.05) is 11.6 Å². The number of benzene rings is 1. The zero-order chi connectivity index (χ0) is 12.4. The van der Waals surface area contributed by atoms with Crippen molar-refractivity contribution in [3.63, 3.8) is 0 Å². The highest BCUT2D eigenvalue weighted by atomic mass is 16.4. The molecule has 1 atom stereocenters. The molecule has 4 heteroatoms. The summed E-state index contributed by atoms with van der Waals surface area (Å²) in [6.07, 6.45) is 3.03. The predicted octanol–water partition coefficient (Wildman–Crippen LogP) is 2.21. The van der Waals surface area contributed by atoms with Crippen LogP contribution in [0.2, 0.25) is 0 Å². The Labute approximate surface area is 100 Å². The van der Waals surface area contributed by atoms with Crippen molar-refractivity contribution in [2.24, 2.45) is 0 Å². The predicted molar refractivity (Wildman–Crippen MR) is 64.4 cm³/mol. The summed E-state index contributed by atoms with van der Waals surface area (Å²) in [5.41, 5.74) is 1.46. The van der Waals surface area contributed by atoms with E-state index in [-0.39, 0.29) is 17.4 Å². The standard InChI is InChI=1S/C13H17NO3/c1-8-5-6-9(13(16)17)11(12(8)15)10-4-2-3-7-14-10/h5-6,10,14-15H,2-4,7H2,1H3,(H,16,17)/t10-/m0/s1. The first kappa shape index (κ1) is 11.9. The number of phenolic OH excluding ortho intramolecular Hbond substituents is 1. The number of carboxylic acid groups (broad SMARTS) is 1. The highest BCUT2D eigenvalue weighted by Gasteiger charge is 2.24. The molecule has 4 nitrogen and oxygen atoms in total. The third-order valence-electron chi connectivity index (χ3n) is 3.31. The Hall–Kier alpha value is -1.55. The quantitative estimate of drug-likeness (QED) is 0.735. The maximum Gasteiger partial charge on any atom is 0.336 e. The van der Waals surface area contributed by atoms with Crippen molar-refractivity contribution in [1.29, 1.82) is 0 Å². The molecule has 1 heterocycles. The van der Waals surface area contributed by atoms with Gasteiger partial charge in [0.25, 0.3) is 0 Å². The molecule has 1 fully saturated rings. The van der Waals surface area contributed by atoms with Crippen molar-refractivity contribution < 1.29 is 15.0 Å². The number of aryl methyl sites for hydroxylation is 1. The summed E-state index contributed by atoms with van der Waals surface area (Å²) < 4.78 is 0. The van der Waals surface area contributed by atoms with Crippen molar-refractivity contribution in [2.75, 3.05) is 6.54 Å². The fourth-order valence-corrected chi connectivity index (χ4v) is 2.35. The number of carbonyl (C=O) groups is 1. The molecule has 1 saturated heterocycles. The molecule has 17 heavy (non-hydrogen) atoms. The van der Waals surface area contributed by atoms with Crippen LogP contribution < -0.4 is 5.32 Å². The van der Waals surface area contributed by atoms with Gasteiger partial charge in [0.2, 0.25) is 0 Å². The summed E-state index contributed by atoms with van der Waals surface area (Å²) >= 11 is 0. The second-order valence-corrected chi connectivity index (χ2v) is 4.50. The number of carboxylic acids is 1. The Bertz CT molecular complexity index is 437. The van der Waals surface area contributed by atoms with E-state index >= 15 is 0 Å². The second-order valence-electron chi connectivity index (χ2n) is 4.50. The van der Waals surface area contributed by atoms with E-state index in [1.54, 1.807) is 19.1 Å². The Morgan fingerprint density at radius 2 is 2.18 bits per heavy atom. The summed E-state index contributed by atoms with van der Waals surface area (Å²) in [7, 11) is 0. The van der Waals surface area contributed by atoms with Crippen molar-refractivity contribution in [3.05, 3.63) is 28.8 Å². The summed E-state index contributed by atoms with van der Waals surface area (Å²) in [5, 5.41) is 22.5. The first-order chi connectivity index (χ1) is 8.11. The van der Waals surface area contributed by atoms with Crippen LogP contribution in [-0.2, 0) is 0 Å². The SMILES string of the molecule is Cc1ccc(C(=O)O)c([C@@H]2CCCCN2)c1O. The lowest BCUT2D eigenvalue weighted by atomic mass is 9.91. The van der Waals surface area contributed by atoms with E-state index < -0.39 is 5.97 Å². The highest BCUT2D eigenvalue weighted by molar-refractivity contribution is 5.90. The van der Waals surface area contributed by atoms with Crippen molar-refractivity contribution in [1.82, 2.24) is 5.32 Å². The molecule has 0 spiro atoms. The molecule has 1 aromatic rings. The van der Waals surface area contributed by atoms with Crippen LogP contribution in [0.3, 0.4) is 0 Å². The summed E-state index contributed by atoms with van der Waals surface area (Å²) in [5.74, 6) is -0.869. The van der Waals surface area contributed by atoms with E-state index in [0.717, 1.165) is 31.4 Å². The average Bonchev–Trinajstić information content (AvgIpc) is 2.33. The van der Waals surface area contributed by atoms with E-state index in [1.807, 2.05) is 0 Å². The smallest absolute Gasteiger partial charge is 0.336 e. The van der Waals surface area contributed by atoms with Crippen molar-refractivity contribution in [2.45, 2.75) is 32.2 Å². The molecule has 92 valence electrons. The van der Waals surface area contributed by atoms with Crippen molar-refractivity contribution >= 4 is 5.97 Å². The zero-order valence-electron chi connectivity index (χ0n) is 9.86. The molecule has 1 aliphatic heterocycles. The molecule has 2 rings (SSSR count). The zero-order valence-corrected chi connectivity index (χ0v) is 9.86. The van der Waals surface area contributed by atoms with Gasteiger partial charge in [-0.1, -0.05) is 12.5 Å². The van der Waals surface area contributed by atoms with Gasteiger partial charge < -0.3 is 15.5 Å². The number of hydrogen-bond acceptors (Lipinski definition) is 3. The Balaban J connectivity index is 2.48. The van der Waals surface area contributed by atoms with Crippen LogP contribution in [-0.4, -0.2) is 22.7 Å². The third kappa shape index (κ3) is 2.26. The normalized spacial score (nSPS) is 20.2. The van der Waals surface area contributed by atoms with Gasteiger partial charge in [0.1, 0.15) is 5.75 Å². The summed E-state index contributed by atoms with van der Waals surface area (Å²) in [6, 6.07) is 3.17. The number of hydrogen-bond donors (Lipinski definition) is 3. The molecule has 0 amide bonds. The van der Waals surface area contributed by atoms with Gasteiger partial charge in [0.05, 0.1) is 5.56 Å². The number of aromatic hydroxyl groups is 1. The lowest BCUT2D eigenvalue weighted by Gasteiger charge is -2.26. The van der Waals surface area contributed by atoms with E-state index in [1.165, 1.54) is 0 Å². The van der Waals surface area contributed by atoms with Gasteiger partial charge >= 0.3 is 5.97 Å². The molecular formula is C13H17NO3. The minimum absolute atomic E-state index is 0.0465. The van der Waals surface area contributed by atoms with Gasteiger partial charge in [-0.25, -0.2) is 4.79 Å². The summed E-state index contributed by atoms with van der Waals surface area (Å²) in [6.45, 7) is 2.66. The fourth-order valence-electron chi connectivity index (χ4n) is 2.35. The highest BCUT2D eigenvalue weighted by Crippen LogP contribution is 2.35. The molecule has 0 unspecified atom stereocenters. The van der Waals surface area contributed by atoms with Gasteiger partial charge in [0.15, 0.2) is 0 Å². The molecule has 0 bridgehead atoms. The van der Waals surface area contributed by atoms with Crippen LogP contribution in [0, 0.1) is 6.92 Å². The molecule has 0 saturated carbocycles. The molecule has 3 N–H and O–H groups in total. The summed E-state index contributed by atoms with van der Waals surface area (Å²) in [4.78, 5) is 11.2. The molecule has 1 aliphatic rings. The van der Waals surface area contributed by atoms with Gasteiger partial charge in [-0.05, 0) is 37.9 Å². The van der Waals surface area contributed by atoms with Crippen LogP contribution >= 0.6 is 0 Å². The lowest BCUT2D eigenvalue weighted by molar-refractivity contribution is 0.0694. The molecular weight excluding hydrogens is 218 g/mol. The minimum Gasteiger partial charge on any atom is -0.507 e. The third-order valence-corrected chi connectivity index (χ3v) is 3.31. The maximum absolute atomic E-state index is 11.2. The topological polar surface area (TPSA) is 69.6 Å². The van der Waals surface area contributed by atoms with Gasteiger partial charge in [-0.15, -0.1) is 0 Å². The number of piperidine rings is 1. The van der Waals surface area contributed by atoms with Gasteiger partial charge in [-0.3, -0.25) is 0 Å². The van der Waals surface area contributed by atoms with Crippen LogP contribution in [0.5, 0.6) is 5.75 Å². The van der Waals surface area contributed by atoms with Crippen LogP contribution in [0.25, 0.3) is 0 Å². The number of aromatic carboxylic acids is 1. The van der Waals surface area contributed by atoms with Gasteiger partial charge in [-0.2, -0.15) is 0 Å². The Morgan fingerprint density at radius 1 is 1.41 bits per heavy atom. The molecule has 0 aromatic heterocycles. The monoisotopic (exact) mass is 235 g/mol. The fraction of sp³-hybridized carbons (Fsp3) is 0.462.